The molecule has 5 nitrogen and oxygen atoms in total. The molecule has 114 valence electrons. The second-order valence-corrected chi connectivity index (χ2v) is 6.02. The van der Waals surface area contributed by atoms with Crippen LogP contribution in [0.4, 0.5) is 5.82 Å². The second-order valence-electron chi connectivity index (χ2n) is 6.02. The quantitative estimate of drug-likeness (QED) is 0.926. The Morgan fingerprint density at radius 2 is 2.05 bits per heavy atom. The first kappa shape index (κ1) is 14.4. The maximum Gasteiger partial charge on any atom is 0.152 e. The van der Waals surface area contributed by atoms with E-state index >= 15 is 0 Å². The highest BCUT2D eigenvalue weighted by molar-refractivity contribution is 5.56. The number of nitrogens with zero attached hydrogens (tertiary/aromatic N) is 4. The standard InChI is InChI=1S/C16H25N5/c1-17-12-14-16(18-15-6-4-5-9-21(14)15)20-10-7-13(8-11-20)19(2)3/h4-6,9,13,17H,7-8,10-12H2,1-3H3. The van der Waals surface area contributed by atoms with Gasteiger partial charge in [-0.2, -0.15) is 0 Å². The summed E-state index contributed by atoms with van der Waals surface area (Å²) < 4.78 is 2.20. The minimum Gasteiger partial charge on any atom is -0.355 e. The van der Waals surface area contributed by atoms with Gasteiger partial charge < -0.3 is 19.5 Å². The van der Waals surface area contributed by atoms with E-state index in [2.05, 4.69) is 51.9 Å². The molecule has 3 rings (SSSR count). The lowest BCUT2D eigenvalue weighted by molar-refractivity contribution is 0.249. The number of rotatable bonds is 4. The number of aromatic nitrogens is 2. The minimum atomic E-state index is 0.700. The summed E-state index contributed by atoms with van der Waals surface area (Å²) in [6.45, 7) is 3.01. The van der Waals surface area contributed by atoms with Crippen LogP contribution in [0.5, 0.6) is 0 Å². The highest BCUT2D eigenvalue weighted by atomic mass is 15.3. The normalized spacial score (nSPS) is 17.0. The van der Waals surface area contributed by atoms with E-state index in [1.165, 1.54) is 18.5 Å². The third kappa shape index (κ3) is 2.76. The van der Waals surface area contributed by atoms with Crippen LogP contribution in [0.1, 0.15) is 18.5 Å². The summed E-state index contributed by atoms with van der Waals surface area (Å²) >= 11 is 0. The van der Waals surface area contributed by atoms with Gasteiger partial charge in [0.25, 0.3) is 0 Å². The summed E-state index contributed by atoms with van der Waals surface area (Å²) in [5.74, 6) is 1.15. The van der Waals surface area contributed by atoms with E-state index in [1.807, 2.05) is 13.1 Å². The summed E-state index contributed by atoms with van der Waals surface area (Å²) in [5.41, 5.74) is 2.30. The van der Waals surface area contributed by atoms with E-state index in [1.54, 1.807) is 0 Å². The monoisotopic (exact) mass is 287 g/mol. The summed E-state index contributed by atoms with van der Waals surface area (Å²) in [5, 5.41) is 3.27. The molecule has 1 fully saturated rings. The molecular formula is C16H25N5. The fourth-order valence-corrected chi connectivity index (χ4v) is 3.21. The van der Waals surface area contributed by atoms with Crippen molar-refractivity contribution in [3.8, 4) is 0 Å². The Labute approximate surface area is 126 Å². The third-order valence-corrected chi connectivity index (χ3v) is 4.45. The van der Waals surface area contributed by atoms with Gasteiger partial charge >= 0.3 is 0 Å². The molecule has 0 aromatic carbocycles. The van der Waals surface area contributed by atoms with Crippen molar-refractivity contribution in [2.75, 3.05) is 39.1 Å². The molecule has 5 heteroatoms. The molecule has 0 unspecified atom stereocenters. The number of imidazole rings is 1. The zero-order valence-electron chi connectivity index (χ0n) is 13.2. The molecule has 2 aromatic rings. The molecule has 21 heavy (non-hydrogen) atoms. The van der Waals surface area contributed by atoms with Crippen LogP contribution >= 0.6 is 0 Å². The first-order chi connectivity index (χ1) is 10.2. The molecule has 0 radical (unpaired) electrons. The van der Waals surface area contributed by atoms with Crippen LogP contribution in [0, 0.1) is 0 Å². The maximum absolute atomic E-state index is 4.86. The molecule has 1 saturated heterocycles. The molecule has 0 bridgehead atoms. The van der Waals surface area contributed by atoms with Crippen molar-refractivity contribution < 1.29 is 0 Å². The summed E-state index contributed by atoms with van der Waals surface area (Å²) in [7, 11) is 6.35. The molecule has 0 atom stereocenters. The minimum absolute atomic E-state index is 0.700. The fourth-order valence-electron chi connectivity index (χ4n) is 3.21. The van der Waals surface area contributed by atoms with Crippen LogP contribution < -0.4 is 10.2 Å². The van der Waals surface area contributed by atoms with Crippen LogP contribution in [0.3, 0.4) is 0 Å². The summed E-state index contributed by atoms with van der Waals surface area (Å²) in [4.78, 5) is 9.65. The molecule has 3 heterocycles. The Hall–Kier alpha value is -1.59. The summed E-state index contributed by atoms with van der Waals surface area (Å²) in [6.07, 6.45) is 4.52. The number of fused-ring (bicyclic) bond motifs is 1. The van der Waals surface area contributed by atoms with Gasteiger partial charge in [0.2, 0.25) is 0 Å². The fraction of sp³-hybridized carbons (Fsp3) is 0.562. The van der Waals surface area contributed by atoms with Crippen molar-refractivity contribution in [3.05, 3.63) is 30.1 Å². The van der Waals surface area contributed by atoms with Gasteiger partial charge in [0, 0.05) is 31.9 Å². The number of hydrogen-bond donors (Lipinski definition) is 1. The smallest absolute Gasteiger partial charge is 0.152 e. The molecule has 1 N–H and O–H groups in total. The molecule has 0 saturated carbocycles. The average molecular weight is 287 g/mol. The van der Waals surface area contributed by atoms with Gasteiger partial charge in [-0.1, -0.05) is 6.07 Å². The van der Waals surface area contributed by atoms with Crippen molar-refractivity contribution in [2.45, 2.75) is 25.4 Å². The van der Waals surface area contributed by atoms with E-state index in [-0.39, 0.29) is 0 Å². The van der Waals surface area contributed by atoms with Crippen LogP contribution in [0.15, 0.2) is 24.4 Å². The molecule has 1 aliphatic heterocycles. The Balaban J connectivity index is 1.88. The van der Waals surface area contributed by atoms with E-state index in [9.17, 15) is 0 Å². The van der Waals surface area contributed by atoms with Gasteiger partial charge in [-0.05, 0) is 46.1 Å². The molecular weight excluding hydrogens is 262 g/mol. The Morgan fingerprint density at radius 1 is 1.29 bits per heavy atom. The number of nitrogens with one attached hydrogen (secondary N) is 1. The highest BCUT2D eigenvalue weighted by Crippen LogP contribution is 2.25. The lowest BCUT2D eigenvalue weighted by Crippen LogP contribution is -2.42. The molecule has 2 aromatic heterocycles. The number of pyridine rings is 1. The number of piperidine rings is 1. The van der Waals surface area contributed by atoms with Gasteiger partial charge in [-0.25, -0.2) is 4.98 Å². The van der Waals surface area contributed by atoms with Gasteiger partial charge in [0.05, 0.1) is 5.69 Å². The van der Waals surface area contributed by atoms with Gasteiger partial charge in [-0.15, -0.1) is 0 Å². The predicted molar refractivity (Wildman–Crippen MR) is 86.9 cm³/mol. The molecule has 1 aliphatic rings. The van der Waals surface area contributed by atoms with Crippen LogP contribution in [-0.2, 0) is 6.54 Å². The van der Waals surface area contributed by atoms with Crippen molar-refractivity contribution in [3.63, 3.8) is 0 Å². The number of hydrogen-bond acceptors (Lipinski definition) is 4. The van der Waals surface area contributed by atoms with Gasteiger partial charge in [0.1, 0.15) is 5.65 Å². The first-order valence-corrected chi connectivity index (χ1v) is 7.72. The Bertz CT molecular complexity index is 596. The van der Waals surface area contributed by atoms with Gasteiger partial charge in [0.15, 0.2) is 5.82 Å². The average Bonchev–Trinajstić information content (AvgIpc) is 2.87. The van der Waals surface area contributed by atoms with Crippen LogP contribution in [0.2, 0.25) is 0 Å². The van der Waals surface area contributed by atoms with E-state index < -0.39 is 0 Å². The first-order valence-electron chi connectivity index (χ1n) is 7.72. The third-order valence-electron chi connectivity index (χ3n) is 4.45. The zero-order valence-corrected chi connectivity index (χ0v) is 13.2. The Kier molecular flexibility index (Phi) is 4.12. The maximum atomic E-state index is 4.86. The molecule has 0 spiro atoms. The van der Waals surface area contributed by atoms with Crippen LogP contribution in [0.25, 0.3) is 5.65 Å². The highest BCUT2D eigenvalue weighted by Gasteiger charge is 2.24. The van der Waals surface area contributed by atoms with Crippen molar-refractivity contribution >= 4 is 11.5 Å². The van der Waals surface area contributed by atoms with E-state index in [0.29, 0.717) is 6.04 Å². The number of anilines is 1. The predicted octanol–water partition coefficient (Wildman–Crippen LogP) is 1.58. The lowest BCUT2D eigenvalue weighted by atomic mass is 10.0. The Morgan fingerprint density at radius 3 is 2.71 bits per heavy atom. The SMILES string of the molecule is CNCc1c(N2CCC(N(C)C)CC2)nc2ccccn12. The van der Waals surface area contributed by atoms with Crippen molar-refractivity contribution in [1.29, 1.82) is 0 Å². The van der Waals surface area contributed by atoms with Crippen molar-refractivity contribution in [2.24, 2.45) is 0 Å². The van der Waals surface area contributed by atoms with E-state index in [0.717, 1.165) is 31.1 Å². The zero-order chi connectivity index (χ0) is 14.8. The largest absolute Gasteiger partial charge is 0.355 e. The molecule has 0 aliphatic carbocycles. The van der Waals surface area contributed by atoms with E-state index in [4.69, 9.17) is 4.98 Å². The topological polar surface area (TPSA) is 35.8 Å². The van der Waals surface area contributed by atoms with Gasteiger partial charge in [-0.3, -0.25) is 0 Å². The second kappa shape index (κ2) is 6.03. The lowest BCUT2D eigenvalue weighted by Gasteiger charge is -2.35. The molecule has 0 amide bonds. The summed E-state index contributed by atoms with van der Waals surface area (Å²) in [6, 6.07) is 6.89. The van der Waals surface area contributed by atoms with Crippen LogP contribution in [-0.4, -0.2) is 54.6 Å². The van der Waals surface area contributed by atoms with Crippen molar-refractivity contribution in [1.82, 2.24) is 19.6 Å².